The normalized spacial score (nSPS) is 15.0. The van der Waals surface area contributed by atoms with Gasteiger partial charge in [0.25, 0.3) is 11.8 Å². The van der Waals surface area contributed by atoms with Crippen molar-refractivity contribution in [3.05, 3.63) is 65.2 Å². The summed E-state index contributed by atoms with van der Waals surface area (Å²) < 4.78 is 38.0. The fourth-order valence-corrected chi connectivity index (χ4v) is 3.39. The molecule has 5 nitrogen and oxygen atoms in total. The van der Waals surface area contributed by atoms with Crippen molar-refractivity contribution in [1.29, 1.82) is 0 Å². The summed E-state index contributed by atoms with van der Waals surface area (Å²) >= 11 is 0. The van der Waals surface area contributed by atoms with Crippen LogP contribution < -0.4 is 10.2 Å². The fraction of sp³-hybridized carbons (Fsp3) is 0.364. The van der Waals surface area contributed by atoms with Gasteiger partial charge in [-0.3, -0.25) is 9.59 Å². The number of alkyl halides is 3. The molecule has 0 atom stereocenters. The molecule has 8 heteroatoms. The third kappa shape index (κ3) is 5.11. The minimum atomic E-state index is -4.43. The van der Waals surface area contributed by atoms with Crippen molar-refractivity contribution in [1.82, 2.24) is 10.2 Å². The minimum Gasteiger partial charge on any atom is -0.378 e. The molecule has 1 saturated heterocycles. The lowest BCUT2D eigenvalue weighted by atomic mass is 10.0. The van der Waals surface area contributed by atoms with Crippen molar-refractivity contribution in [2.75, 3.05) is 32.1 Å². The Morgan fingerprint density at radius 2 is 1.47 bits per heavy atom. The molecule has 1 fully saturated rings. The van der Waals surface area contributed by atoms with Crippen LogP contribution >= 0.6 is 0 Å². The second-order valence-corrected chi connectivity index (χ2v) is 7.56. The van der Waals surface area contributed by atoms with Crippen LogP contribution in [0.3, 0.4) is 0 Å². The summed E-state index contributed by atoms with van der Waals surface area (Å²) in [5.41, 5.74) is 1.02. The summed E-state index contributed by atoms with van der Waals surface area (Å²) in [5, 5.41) is 2.99. The van der Waals surface area contributed by atoms with Crippen molar-refractivity contribution in [3.8, 4) is 0 Å². The molecule has 0 unspecified atom stereocenters. The lowest BCUT2D eigenvalue weighted by molar-refractivity contribution is -0.137. The molecule has 2 amide bonds. The number of likely N-dealkylation sites (tertiary alicyclic amines) is 1. The van der Waals surface area contributed by atoms with E-state index in [2.05, 4.69) is 5.32 Å². The number of benzene rings is 2. The average Bonchev–Trinajstić information content (AvgIpc) is 2.73. The van der Waals surface area contributed by atoms with Crippen LogP contribution in [0.4, 0.5) is 18.9 Å². The molecule has 1 heterocycles. The SMILES string of the molecule is CN(C)c1ccc(C(=O)NC2CCN(C(=O)c3ccc(C(F)(F)F)cc3)CC2)cc1. The Bertz CT molecular complexity index is 885. The van der Waals surface area contributed by atoms with E-state index in [4.69, 9.17) is 0 Å². The number of piperidine rings is 1. The van der Waals surface area contributed by atoms with Gasteiger partial charge in [0.2, 0.25) is 0 Å². The van der Waals surface area contributed by atoms with E-state index in [0.717, 1.165) is 17.8 Å². The molecular formula is C22H24F3N3O2. The van der Waals surface area contributed by atoms with E-state index in [1.807, 2.05) is 31.1 Å². The molecule has 0 bridgehead atoms. The van der Waals surface area contributed by atoms with Crippen LogP contribution in [0.25, 0.3) is 0 Å². The van der Waals surface area contributed by atoms with Crippen LogP contribution in [-0.4, -0.2) is 49.9 Å². The molecule has 3 rings (SSSR count). The highest BCUT2D eigenvalue weighted by Gasteiger charge is 2.31. The van der Waals surface area contributed by atoms with Gasteiger partial charge in [0.05, 0.1) is 5.56 Å². The summed E-state index contributed by atoms with van der Waals surface area (Å²) in [6, 6.07) is 11.5. The Morgan fingerprint density at radius 1 is 0.933 bits per heavy atom. The Labute approximate surface area is 173 Å². The number of hydrogen-bond donors (Lipinski definition) is 1. The molecule has 0 aromatic heterocycles. The smallest absolute Gasteiger partial charge is 0.378 e. The van der Waals surface area contributed by atoms with Crippen LogP contribution in [-0.2, 0) is 6.18 Å². The Hall–Kier alpha value is -3.03. The predicted molar refractivity (Wildman–Crippen MR) is 109 cm³/mol. The average molecular weight is 419 g/mol. The van der Waals surface area contributed by atoms with Crippen LogP contribution in [0.1, 0.15) is 39.1 Å². The summed E-state index contributed by atoms with van der Waals surface area (Å²) in [7, 11) is 3.85. The van der Waals surface area contributed by atoms with Crippen molar-refractivity contribution in [2.24, 2.45) is 0 Å². The Kier molecular flexibility index (Phi) is 6.34. The maximum absolute atomic E-state index is 12.7. The first-order valence-corrected chi connectivity index (χ1v) is 9.70. The van der Waals surface area contributed by atoms with E-state index in [0.29, 0.717) is 31.5 Å². The van der Waals surface area contributed by atoms with E-state index in [-0.39, 0.29) is 23.4 Å². The molecule has 1 aliphatic rings. The number of hydrogen-bond acceptors (Lipinski definition) is 3. The maximum atomic E-state index is 12.7. The summed E-state index contributed by atoms with van der Waals surface area (Å²) in [6.45, 7) is 0.870. The number of carbonyl (C=O) groups is 2. The zero-order chi connectivity index (χ0) is 21.9. The predicted octanol–water partition coefficient (Wildman–Crippen LogP) is 3.81. The van der Waals surface area contributed by atoms with Gasteiger partial charge in [-0.05, 0) is 61.4 Å². The highest BCUT2D eigenvalue weighted by atomic mass is 19.4. The van der Waals surface area contributed by atoms with Gasteiger partial charge >= 0.3 is 6.18 Å². The monoisotopic (exact) mass is 419 g/mol. The molecule has 160 valence electrons. The quantitative estimate of drug-likeness (QED) is 0.820. The molecule has 1 N–H and O–H groups in total. The molecular weight excluding hydrogens is 395 g/mol. The fourth-order valence-electron chi connectivity index (χ4n) is 3.39. The van der Waals surface area contributed by atoms with Crippen LogP contribution in [0.5, 0.6) is 0 Å². The van der Waals surface area contributed by atoms with Gasteiger partial charge in [0.1, 0.15) is 0 Å². The lowest BCUT2D eigenvalue weighted by Crippen LogP contribution is -2.46. The van der Waals surface area contributed by atoms with Crippen molar-refractivity contribution < 1.29 is 22.8 Å². The topological polar surface area (TPSA) is 52.7 Å². The molecule has 0 radical (unpaired) electrons. The molecule has 2 aromatic carbocycles. The van der Waals surface area contributed by atoms with Gasteiger partial charge in [-0.25, -0.2) is 0 Å². The van der Waals surface area contributed by atoms with E-state index < -0.39 is 11.7 Å². The first kappa shape index (κ1) is 21.7. The first-order valence-electron chi connectivity index (χ1n) is 9.70. The zero-order valence-corrected chi connectivity index (χ0v) is 16.9. The minimum absolute atomic E-state index is 0.0531. The van der Waals surface area contributed by atoms with Gasteiger partial charge in [0, 0.05) is 50.0 Å². The number of carbonyl (C=O) groups excluding carboxylic acids is 2. The number of rotatable bonds is 4. The van der Waals surface area contributed by atoms with E-state index >= 15 is 0 Å². The number of halogens is 3. The number of anilines is 1. The van der Waals surface area contributed by atoms with E-state index in [9.17, 15) is 22.8 Å². The van der Waals surface area contributed by atoms with Crippen molar-refractivity contribution in [2.45, 2.75) is 25.1 Å². The number of nitrogens with zero attached hydrogens (tertiary/aromatic N) is 2. The highest BCUT2D eigenvalue weighted by molar-refractivity contribution is 5.95. The maximum Gasteiger partial charge on any atom is 0.416 e. The molecule has 2 aromatic rings. The van der Waals surface area contributed by atoms with Crippen LogP contribution in [0, 0.1) is 0 Å². The Balaban J connectivity index is 1.53. The zero-order valence-electron chi connectivity index (χ0n) is 16.9. The van der Waals surface area contributed by atoms with E-state index in [1.165, 1.54) is 12.1 Å². The summed E-state index contributed by atoms with van der Waals surface area (Å²) in [6.07, 6.45) is -3.24. The van der Waals surface area contributed by atoms with Crippen LogP contribution in [0.15, 0.2) is 48.5 Å². The first-order chi connectivity index (χ1) is 14.1. The standard InChI is InChI=1S/C22H24F3N3O2/c1-27(2)19-9-5-15(6-10-19)20(29)26-18-11-13-28(14-12-18)21(30)16-3-7-17(8-4-16)22(23,24)25/h3-10,18H,11-14H2,1-2H3,(H,26,29). The number of nitrogens with one attached hydrogen (secondary N) is 1. The summed E-state index contributed by atoms with van der Waals surface area (Å²) in [4.78, 5) is 28.6. The van der Waals surface area contributed by atoms with Crippen molar-refractivity contribution in [3.63, 3.8) is 0 Å². The second kappa shape index (κ2) is 8.77. The third-order valence-corrected chi connectivity index (χ3v) is 5.22. The van der Waals surface area contributed by atoms with Gasteiger partial charge in [-0.2, -0.15) is 13.2 Å². The number of amides is 2. The molecule has 0 aliphatic carbocycles. The molecule has 0 spiro atoms. The van der Waals surface area contributed by atoms with Gasteiger partial charge in [-0.1, -0.05) is 0 Å². The van der Waals surface area contributed by atoms with Crippen LogP contribution in [0.2, 0.25) is 0 Å². The van der Waals surface area contributed by atoms with Gasteiger partial charge < -0.3 is 15.1 Å². The lowest BCUT2D eigenvalue weighted by Gasteiger charge is -2.32. The van der Waals surface area contributed by atoms with Crippen molar-refractivity contribution >= 4 is 17.5 Å². The largest absolute Gasteiger partial charge is 0.416 e. The highest BCUT2D eigenvalue weighted by Crippen LogP contribution is 2.29. The summed E-state index contributed by atoms with van der Waals surface area (Å²) in [5.74, 6) is -0.458. The van der Waals surface area contributed by atoms with Gasteiger partial charge in [0.15, 0.2) is 0 Å². The second-order valence-electron chi connectivity index (χ2n) is 7.56. The van der Waals surface area contributed by atoms with Gasteiger partial charge in [-0.15, -0.1) is 0 Å². The molecule has 1 aliphatic heterocycles. The molecule has 0 saturated carbocycles. The third-order valence-electron chi connectivity index (χ3n) is 5.22. The van der Waals surface area contributed by atoms with E-state index in [1.54, 1.807) is 17.0 Å². The Morgan fingerprint density at radius 3 is 1.97 bits per heavy atom. The molecule has 30 heavy (non-hydrogen) atoms.